The summed E-state index contributed by atoms with van der Waals surface area (Å²) in [4.78, 5) is 26.1. The summed E-state index contributed by atoms with van der Waals surface area (Å²) in [5.41, 5.74) is 0. The SMILES string of the molecule is CNCCC1CCN(C(=O)CNC(=O)CC2CCCCC2)CC1. The van der Waals surface area contributed by atoms with E-state index in [9.17, 15) is 9.59 Å². The molecule has 23 heavy (non-hydrogen) atoms. The van der Waals surface area contributed by atoms with Crippen LogP contribution in [0.25, 0.3) is 0 Å². The van der Waals surface area contributed by atoms with Gasteiger partial charge >= 0.3 is 0 Å². The van der Waals surface area contributed by atoms with Crippen molar-refractivity contribution < 1.29 is 9.59 Å². The van der Waals surface area contributed by atoms with Crippen molar-refractivity contribution >= 4 is 11.8 Å². The smallest absolute Gasteiger partial charge is 0.241 e. The second-order valence-corrected chi connectivity index (χ2v) is 7.20. The first-order valence-electron chi connectivity index (χ1n) is 9.38. The van der Waals surface area contributed by atoms with E-state index in [-0.39, 0.29) is 18.4 Å². The third-order valence-electron chi connectivity index (χ3n) is 5.41. The lowest BCUT2D eigenvalue weighted by atomic mass is 9.87. The lowest BCUT2D eigenvalue weighted by molar-refractivity contribution is -0.134. The molecular weight excluding hydrogens is 290 g/mol. The average Bonchev–Trinajstić information content (AvgIpc) is 2.59. The summed E-state index contributed by atoms with van der Waals surface area (Å²) < 4.78 is 0. The molecule has 132 valence electrons. The topological polar surface area (TPSA) is 61.4 Å². The maximum Gasteiger partial charge on any atom is 0.241 e. The number of piperidine rings is 1. The molecule has 0 aromatic carbocycles. The normalized spacial score (nSPS) is 20.5. The molecule has 2 rings (SSSR count). The molecule has 1 saturated carbocycles. The second kappa shape index (κ2) is 9.91. The maximum absolute atomic E-state index is 12.2. The Morgan fingerprint density at radius 1 is 1.00 bits per heavy atom. The van der Waals surface area contributed by atoms with Gasteiger partial charge < -0.3 is 15.5 Å². The van der Waals surface area contributed by atoms with Crippen LogP contribution in [0.4, 0.5) is 0 Å². The molecule has 1 aliphatic heterocycles. The van der Waals surface area contributed by atoms with E-state index in [1.54, 1.807) is 0 Å². The summed E-state index contributed by atoms with van der Waals surface area (Å²) in [5, 5.41) is 6.02. The Bertz CT molecular complexity index is 372. The summed E-state index contributed by atoms with van der Waals surface area (Å²) in [7, 11) is 1.98. The number of amides is 2. The van der Waals surface area contributed by atoms with Crippen molar-refractivity contribution in [3.8, 4) is 0 Å². The monoisotopic (exact) mass is 323 g/mol. The van der Waals surface area contributed by atoms with Gasteiger partial charge in [0.1, 0.15) is 0 Å². The van der Waals surface area contributed by atoms with Crippen LogP contribution in [0, 0.1) is 11.8 Å². The Labute approximate surface area is 140 Å². The predicted molar refractivity (Wildman–Crippen MR) is 92.0 cm³/mol. The fraction of sp³-hybridized carbons (Fsp3) is 0.889. The Morgan fingerprint density at radius 2 is 1.70 bits per heavy atom. The van der Waals surface area contributed by atoms with Crippen LogP contribution in [0.3, 0.4) is 0 Å². The molecule has 0 spiro atoms. The summed E-state index contributed by atoms with van der Waals surface area (Å²) in [6, 6.07) is 0. The van der Waals surface area contributed by atoms with Crippen molar-refractivity contribution in [2.75, 3.05) is 33.2 Å². The van der Waals surface area contributed by atoms with E-state index in [1.807, 2.05) is 11.9 Å². The van der Waals surface area contributed by atoms with Gasteiger partial charge in [-0.25, -0.2) is 0 Å². The lowest BCUT2D eigenvalue weighted by Crippen LogP contribution is -2.44. The third kappa shape index (κ3) is 6.50. The van der Waals surface area contributed by atoms with Crippen LogP contribution in [-0.2, 0) is 9.59 Å². The molecule has 5 nitrogen and oxygen atoms in total. The van der Waals surface area contributed by atoms with Gasteiger partial charge in [0.15, 0.2) is 0 Å². The highest BCUT2D eigenvalue weighted by molar-refractivity contribution is 5.84. The first-order valence-corrected chi connectivity index (χ1v) is 9.38. The molecule has 2 amide bonds. The Kier molecular flexibility index (Phi) is 7.86. The van der Waals surface area contributed by atoms with Gasteiger partial charge in [0, 0.05) is 19.5 Å². The van der Waals surface area contributed by atoms with Crippen LogP contribution < -0.4 is 10.6 Å². The van der Waals surface area contributed by atoms with Gasteiger partial charge in [-0.3, -0.25) is 9.59 Å². The molecule has 2 fully saturated rings. The van der Waals surface area contributed by atoms with Crippen molar-refractivity contribution in [1.82, 2.24) is 15.5 Å². The maximum atomic E-state index is 12.2. The quantitative estimate of drug-likeness (QED) is 0.752. The zero-order valence-electron chi connectivity index (χ0n) is 14.6. The molecule has 1 aliphatic carbocycles. The van der Waals surface area contributed by atoms with E-state index >= 15 is 0 Å². The molecule has 5 heteroatoms. The summed E-state index contributed by atoms with van der Waals surface area (Å²) >= 11 is 0. The van der Waals surface area contributed by atoms with Crippen molar-refractivity contribution in [3.63, 3.8) is 0 Å². The minimum atomic E-state index is 0.0501. The molecule has 0 aromatic heterocycles. The van der Waals surface area contributed by atoms with Crippen LogP contribution in [0.5, 0.6) is 0 Å². The Balaban J connectivity index is 1.60. The molecule has 1 saturated heterocycles. The van der Waals surface area contributed by atoms with Crippen LogP contribution in [-0.4, -0.2) is 49.9 Å². The van der Waals surface area contributed by atoms with Crippen molar-refractivity contribution in [1.29, 1.82) is 0 Å². The molecule has 0 radical (unpaired) electrons. The second-order valence-electron chi connectivity index (χ2n) is 7.20. The Hall–Kier alpha value is -1.10. The van der Waals surface area contributed by atoms with Gasteiger partial charge in [-0.2, -0.15) is 0 Å². The standard InChI is InChI=1S/C18H33N3O2/c1-19-10-7-15-8-11-21(12-9-15)18(23)14-20-17(22)13-16-5-3-2-4-6-16/h15-16,19H,2-14H2,1H3,(H,20,22). The van der Waals surface area contributed by atoms with Gasteiger partial charge in [0.2, 0.25) is 11.8 Å². The molecule has 2 aliphatic rings. The number of hydrogen-bond acceptors (Lipinski definition) is 3. The van der Waals surface area contributed by atoms with E-state index in [0.29, 0.717) is 12.3 Å². The summed E-state index contributed by atoms with van der Waals surface area (Å²) in [5.74, 6) is 1.39. The Morgan fingerprint density at radius 3 is 2.35 bits per heavy atom. The lowest BCUT2D eigenvalue weighted by Gasteiger charge is -2.32. The summed E-state index contributed by atoms with van der Waals surface area (Å²) in [6.07, 6.45) is 10.1. The van der Waals surface area contributed by atoms with Gasteiger partial charge in [-0.15, -0.1) is 0 Å². The van der Waals surface area contributed by atoms with E-state index < -0.39 is 0 Å². The molecular formula is C18H33N3O2. The van der Waals surface area contributed by atoms with Gasteiger partial charge in [0.05, 0.1) is 6.54 Å². The predicted octanol–water partition coefficient (Wildman–Crippen LogP) is 1.92. The van der Waals surface area contributed by atoms with E-state index in [0.717, 1.165) is 38.4 Å². The molecule has 0 bridgehead atoms. The van der Waals surface area contributed by atoms with E-state index in [4.69, 9.17) is 0 Å². The fourth-order valence-corrected chi connectivity index (χ4v) is 3.83. The zero-order valence-corrected chi connectivity index (χ0v) is 14.6. The number of carbonyl (C=O) groups excluding carboxylic acids is 2. The number of rotatable bonds is 7. The molecule has 2 N–H and O–H groups in total. The molecule has 0 atom stereocenters. The van der Waals surface area contributed by atoms with Crippen LogP contribution in [0.15, 0.2) is 0 Å². The molecule has 0 unspecified atom stereocenters. The minimum absolute atomic E-state index is 0.0501. The van der Waals surface area contributed by atoms with Crippen molar-refractivity contribution in [2.45, 2.75) is 57.8 Å². The highest BCUT2D eigenvalue weighted by Crippen LogP contribution is 2.26. The zero-order chi connectivity index (χ0) is 16.5. The van der Waals surface area contributed by atoms with E-state index in [2.05, 4.69) is 10.6 Å². The van der Waals surface area contributed by atoms with Gasteiger partial charge in [0.25, 0.3) is 0 Å². The highest BCUT2D eigenvalue weighted by atomic mass is 16.2. The fourth-order valence-electron chi connectivity index (χ4n) is 3.83. The van der Waals surface area contributed by atoms with Crippen LogP contribution in [0.2, 0.25) is 0 Å². The number of nitrogens with zero attached hydrogens (tertiary/aromatic N) is 1. The average molecular weight is 323 g/mol. The first kappa shape index (κ1) is 18.2. The summed E-state index contributed by atoms with van der Waals surface area (Å²) in [6.45, 7) is 2.90. The number of carbonyl (C=O) groups is 2. The molecule has 1 heterocycles. The van der Waals surface area contributed by atoms with Crippen molar-refractivity contribution in [2.24, 2.45) is 11.8 Å². The number of likely N-dealkylation sites (tertiary alicyclic amines) is 1. The largest absolute Gasteiger partial charge is 0.347 e. The van der Waals surface area contributed by atoms with Gasteiger partial charge in [-0.1, -0.05) is 19.3 Å². The minimum Gasteiger partial charge on any atom is -0.347 e. The van der Waals surface area contributed by atoms with Crippen LogP contribution in [0.1, 0.15) is 57.8 Å². The number of nitrogens with one attached hydrogen (secondary N) is 2. The van der Waals surface area contributed by atoms with E-state index in [1.165, 1.54) is 38.5 Å². The number of hydrogen-bond donors (Lipinski definition) is 2. The third-order valence-corrected chi connectivity index (χ3v) is 5.41. The highest BCUT2D eigenvalue weighted by Gasteiger charge is 2.23. The first-order chi connectivity index (χ1) is 11.2. The van der Waals surface area contributed by atoms with Gasteiger partial charge in [-0.05, 0) is 57.5 Å². The van der Waals surface area contributed by atoms with Crippen molar-refractivity contribution in [3.05, 3.63) is 0 Å². The van der Waals surface area contributed by atoms with Crippen LogP contribution >= 0.6 is 0 Å². The molecule has 0 aromatic rings.